The summed E-state index contributed by atoms with van der Waals surface area (Å²) in [7, 11) is 1.42. The number of anilines is 1. The number of methoxy groups -OCH3 is 1. The zero-order chi connectivity index (χ0) is 12.9. The number of aromatic nitrogens is 1. The van der Waals surface area contributed by atoms with Crippen LogP contribution in [0.3, 0.4) is 0 Å². The first kappa shape index (κ1) is 13.4. The molecule has 0 aliphatic carbocycles. The largest absolute Gasteiger partial charge is 0.481 e. The van der Waals surface area contributed by atoms with Gasteiger partial charge >= 0.3 is 6.18 Å². The number of nitrogens with zero attached hydrogens (tertiary/aromatic N) is 1. The van der Waals surface area contributed by atoms with E-state index in [0.717, 1.165) is 0 Å². The summed E-state index contributed by atoms with van der Waals surface area (Å²) in [6, 6.07) is 3.06. The molecule has 0 aliphatic heterocycles. The van der Waals surface area contributed by atoms with Gasteiger partial charge in [-0.2, -0.15) is 18.2 Å². The molecule has 0 aliphatic rings. The van der Waals surface area contributed by atoms with Crippen molar-refractivity contribution in [2.75, 3.05) is 19.5 Å². The molecule has 1 rings (SSSR count). The number of nitrogen functional groups attached to an aromatic ring is 1. The van der Waals surface area contributed by atoms with Crippen molar-refractivity contribution in [1.29, 1.82) is 0 Å². The van der Waals surface area contributed by atoms with E-state index in [9.17, 15) is 13.2 Å². The van der Waals surface area contributed by atoms with Gasteiger partial charge in [0.15, 0.2) is 0 Å². The topological polar surface area (TPSA) is 57.4 Å². The van der Waals surface area contributed by atoms with Gasteiger partial charge in [0, 0.05) is 12.5 Å². The lowest BCUT2D eigenvalue weighted by Gasteiger charge is -2.10. The second kappa shape index (κ2) is 5.60. The molecule has 0 aromatic carbocycles. The summed E-state index contributed by atoms with van der Waals surface area (Å²) >= 11 is 0. The third-order valence-corrected chi connectivity index (χ3v) is 1.92. The molecule has 1 aromatic heterocycles. The van der Waals surface area contributed by atoms with E-state index in [1.165, 1.54) is 19.2 Å². The molecule has 0 bridgehead atoms. The third kappa shape index (κ3) is 4.80. The van der Waals surface area contributed by atoms with Crippen molar-refractivity contribution >= 4 is 5.69 Å². The van der Waals surface area contributed by atoms with Gasteiger partial charge in [-0.3, -0.25) is 0 Å². The highest BCUT2D eigenvalue weighted by Gasteiger charge is 2.26. The lowest BCUT2D eigenvalue weighted by atomic mass is 10.3. The van der Waals surface area contributed by atoms with Crippen LogP contribution in [0.2, 0.25) is 0 Å². The first-order chi connectivity index (χ1) is 7.92. The molecule has 0 unspecified atom stereocenters. The zero-order valence-electron chi connectivity index (χ0n) is 9.25. The maximum atomic E-state index is 11.9. The van der Waals surface area contributed by atoms with Crippen LogP contribution in [0.15, 0.2) is 12.1 Å². The number of hydrogen-bond acceptors (Lipinski definition) is 4. The highest BCUT2D eigenvalue weighted by molar-refractivity contribution is 5.49. The normalized spacial score (nSPS) is 11.3. The van der Waals surface area contributed by atoms with Crippen LogP contribution in [0.1, 0.15) is 12.8 Å². The molecule has 0 saturated heterocycles. The van der Waals surface area contributed by atoms with Crippen molar-refractivity contribution in [3.05, 3.63) is 12.1 Å². The van der Waals surface area contributed by atoms with E-state index in [2.05, 4.69) is 4.98 Å². The Labute approximate surface area is 96.5 Å². The molecule has 4 nitrogen and oxygen atoms in total. The molecular formula is C10H13F3N2O2. The smallest absolute Gasteiger partial charge is 0.389 e. The minimum Gasteiger partial charge on any atom is -0.481 e. The monoisotopic (exact) mass is 250 g/mol. The Morgan fingerprint density at radius 2 is 2.06 bits per heavy atom. The van der Waals surface area contributed by atoms with Crippen LogP contribution in [0.4, 0.5) is 18.9 Å². The lowest BCUT2D eigenvalue weighted by Crippen LogP contribution is -2.10. The van der Waals surface area contributed by atoms with E-state index in [0.29, 0.717) is 5.88 Å². The standard InChI is InChI=1S/C10H13F3N2O2/c1-16-8-4-3-7(14)9(15-8)17-6-2-5-10(11,12)13/h3-4H,2,5-6,14H2,1H3. The molecule has 2 N–H and O–H groups in total. The number of nitrogens with two attached hydrogens (primary N) is 1. The highest BCUT2D eigenvalue weighted by atomic mass is 19.4. The van der Waals surface area contributed by atoms with Crippen LogP contribution in [-0.4, -0.2) is 24.9 Å². The van der Waals surface area contributed by atoms with Crippen molar-refractivity contribution in [1.82, 2.24) is 4.98 Å². The molecule has 96 valence electrons. The van der Waals surface area contributed by atoms with E-state index in [4.69, 9.17) is 15.2 Å². The SMILES string of the molecule is COc1ccc(N)c(OCCCC(F)(F)F)n1. The van der Waals surface area contributed by atoms with Crippen molar-refractivity contribution in [2.45, 2.75) is 19.0 Å². The fourth-order valence-electron chi connectivity index (χ4n) is 1.11. The Bertz CT molecular complexity index is 369. The van der Waals surface area contributed by atoms with Crippen molar-refractivity contribution in [3.8, 4) is 11.8 Å². The van der Waals surface area contributed by atoms with Crippen molar-refractivity contribution in [3.63, 3.8) is 0 Å². The predicted octanol–water partition coefficient (Wildman–Crippen LogP) is 2.39. The zero-order valence-corrected chi connectivity index (χ0v) is 9.25. The highest BCUT2D eigenvalue weighted by Crippen LogP contribution is 2.24. The minimum atomic E-state index is -4.17. The van der Waals surface area contributed by atoms with Crippen molar-refractivity contribution in [2.24, 2.45) is 0 Å². The molecular weight excluding hydrogens is 237 g/mol. The molecule has 7 heteroatoms. The summed E-state index contributed by atoms with van der Waals surface area (Å²) in [4.78, 5) is 3.87. The average molecular weight is 250 g/mol. The van der Waals surface area contributed by atoms with Gasteiger partial charge < -0.3 is 15.2 Å². The summed E-state index contributed by atoms with van der Waals surface area (Å²) in [5.41, 5.74) is 5.81. The van der Waals surface area contributed by atoms with E-state index in [1.54, 1.807) is 0 Å². The Morgan fingerprint density at radius 1 is 1.35 bits per heavy atom. The maximum absolute atomic E-state index is 11.9. The second-order valence-electron chi connectivity index (χ2n) is 3.32. The van der Waals surface area contributed by atoms with Crippen LogP contribution in [0.25, 0.3) is 0 Å². The Morgan fingerprint density at radius 3 is 2.65 bits per heavy atom. The van der Waals surface area contributed by atoms with Gasteiger partial charge in [-0.15, -0.1) is 0 Å². The fourth-order valence-corrected chi connectivity index (χ4v) is 1.11. The second-order valence-corrected chi connectivity index (χ2v) is 3.32. The summed E-state index contributed by atoms with van der Waals surface area (Å²) in [6.45, 7) is -0.0934. The van der Waals surface area contributed by atoms with Gasteiger partial charge in [0.1, 0.15) is 0 Å². The average Bonchev–Trinajstić information content (AvgIpc) is 2.25. The van der Waals surface area contributed by atoms with Gasteiger partial charge in [-0.1, -0.05) is 0 Å². The summed E-state index contributed by atoms with van der Waals surface area (Å²) in [5, 5.41) is 0. The van der Waals surface area contributed by atoms with Crippen LogP contribution in [-0.2, 0) is 0 Å². The van der Waals surface area contributed by atoms with Gasteiger partial charge in [0.2, 0.25) is 11.8 Å². The van der Waals surface area contributed by atoms with Gasteiger partial charge in [-0.25, -0.2) is 0 Å². The Balaban J connectivity index is 2.46. The van der Waals surface area contributed by atoms with E-state index in [-0.39, 0.29) is 24.6 Å². The molecule has 0 spiro atoms. The first-order valence-electron chi connectivity index (χ1n) is 4.92. The van der Waals surface area contributed by atoms with Crippen LogP contribution in [0, 0.1) is 0 Å². The van der Waals surface area contributed by atoms with Gasteiger partial charge in [-0.05, 0) is 12.5 Å². The minimum absolute atomic E-state index is 0.0894. The molecule has 1 aromatic rings. The lowest BCUT2D eigenvalue weighted by molar-refractivity contribution is -0.136. The van der Waals surface area contributed by atoms with Crippen molar-refractivity contribution < 1.29 is 22.6 Å². The van der Waals surface area contributed by atoms with Crippen LogP contribution < -0.4 is 15.2 Å². The molecule has 17 heavy (non-hydrogen) atoms. The Hall–Kier alpha value is -1.66. The Kier molecular flexibility index (Phi) is 4.42. The molecule has 0 fully saturated rings. The molecule has 0 saturated carbocycles. The quantitative estimate of drug-likeness (QED) is 0.815. The van der Waals surface area contributed by atoms with Crippen LogP contribution >= 0.6 is 0 Å². The molecule has 1 heterocycles. The van der Waals surface area contributed by atoms with Gasteiger partial charge in [0.25, 0.3) is 0 Å². The number of ether oxygens (including phenoxy) is 2. The number of alkyl halides is 3. The number of pyridine rings is 1. The predicted molar refractivity (Wildman–Crippen MR) is 56.0 cm³/mol. The molecule has 0 amide bonds. The number of rotatable bonds is 5. The summed E-state index contributed by atoms with van der Waals surface area (Å²) in [6.07, 6.45) is -5.20. The number of hydrogen-bond donors (Lipinski definition) is 1. The van der Waals surface area contributed by atoms with Gasteiger partial charge in [0.05, 0.1) is 19.4 Å². The fraction of sp³-hybridized carbons (Fsp3) is 0.500. The number of halogens is 3. The first-order valence-corrected chi connectivity index (χ1v) is 4.92. The molecule has 0 radical (unpaired) electrons. The summed E-state index contributed by atoms with van der Waals surface area (Å²) < 4.78 is 45.5. The van der Waals surface area contributed by atoms with E-state index in [1.807, 2.05) is 0 Å². The summed E-state index contributed by atoms with van der Waals surface area (Å²) in [5.74, 6) is 0.386. The van der Waals surface area contributed by atoms with Crippen LogP contribution in [0.5, 0.6) is 11.8 Å². The van der Waals surface area contributed by atoms with E-state index >= 15 is 0 Å². The third-order valence-electron chi connectivity index (χ3n) is 1.92. The molecule has 0 atom stereocenters. The maximum Gasteiger partial charge on any atom is 0.389 e. The van der Waals surface area contributed by atoms with E-state index < -0.39 is 12.6 Å².